The molecule has 1 rings (SSSR count). The highest BCUT2D eigenvalue weighted by atomic mass is 127. The molecule has 1 aliphatic carbocycles. The van der Waals surface area contributed by atoms with Crippen molar-refractivity contribution < 1.29 is 4.79 Å². The molecule has 19 heavy (non-hydrogen) atoms. The van der Waals surface area contributed by atoms with Crippen molar-refractivity contribution in [3.8, 4) is 0 Å². The van der Waals surface area contributed by atoms with Gasteiger partial charge >= 0.3 is 0 Å². The molecule has 0 radical (unpaired) electrons. The van der Waals surface area contributed by atoms with Crippen LogP contribution in [0.25, 0.3) is 0 Å². The molecule has 0 aromatic rings. The molecule has 0 unspecified atom stereocenters. The standard InChI is InChI=1S/C13H26N4O.HI/c1-16(2)13(17(3)4)15-10-6-9-14-12(18)11-7-5-8-11;/h11H,5-10H2,1-4H3,(H,14,18);1H. The predicted molar refractivity (Wildman–Crippen MR) is 90.1 cm³/mol. The lowest BCUT2D eigenvalue weighted by atomic mass is 9.85. The minimum absolute atomic E-state index is 0. The molecule has 1 saturated carbocycles. The van der Waals surface area contributed by atoms with E-state index in [2.05, 4.69) is 10.3 Å². The third kappa shape index (κ3) is 6.44. The molecular formula is C13H27IN4O. The summed E-state index contributed by atoms with van der Waals surface area (Å²) in [4.78, 5) is 20.1. The van der Waals surface area contributed by atoms with Crippen molar-refractivity contribution >= 4 is 35.8 Å². The van der Waals surface area contributed by atoms with Gasteiger partial charge in [-0.05, 0) is 19.3 Å². The Kier molecular flexibility index (Phi) is 9.12. The lowest BCUT2D eigenvalue weighted by molar-refractivity contribution is -0.127. The van der Waals surface area contributed by atoms with Gasteiger partial charge in [0.15, 0.2) is 5.96 Å². The van der Waals surface area contributed by atoms with Gasteiger partial charge in [0.2, 0.25) is 5.91 Å². The number of hydrogen-bond acceptors (Lipinski definition) is 2. The molecule has 0 atom stereocenters. The van der Waals surface area contributed by atoms with Crippen molar-refractivity contribution in [3.05, 3.63) is 0 Å². The highest BCUT2D eigenvalue weighted by Crippen LogP contribution is 2.25. The third-order valence-electron chi connectivity index (χ3n) is 3.16. The van der Waals surface area contributed by atoms with E-state index in [9.17, 15) is 4.79 Å². The molecule has 0 saturated heterocycles. The van der Waals surface area contributed by atoms with Crippen LogP contribution in [0, 0.1) is 5.92 Å². The Labute approximate surface area is 133 Å². The molecule has 112 valence electrons. The van der Waals surface area contributed by atoms with Crippen molar-refractivity contribution in [2.75, 3.05) is 41.3 Å². The Morgan fingerprint density at radius 2 is 1.79 bits per heavy atom. The summed E-state index contributed by atoms with van der Waals surface area (Å²) >= 11 is 0. The number of hydrogen-bond donors (Lipinski definition) is 1. The monoisotopic (exact) mass is 382 g/mol. The molecule has 0 heterocycles. The van der Waals surface area contributed by atoms with E-state index in [0.29, 0.717) is 0 Å². The minimum atomic E-state index is 0. The second-order valence-corrected chi connectivity index (χ2v) is 5.24. The maximum absolute atomic E-state index is 11.6. The molecule has 5 nitrogen and oxygen atoms in total. The van der Waals surface area contributed by atoms with E-state index in [1.165, 1.54) is 6.42 Å². The van der Waals surface area contributed by atoms with Gasteiger partial charge < -0.3 is 15.1 Å². The van der Waals surface area contributed by atoms with E-state index >= 15 is 0 Å². The molecule has 0 spiro atoms. The smallest absolute Gasteiger partial charge is 0.223 e. The van der Waals surface area contributed by atoms with Crippen LogP contribution >= 0.6 is 24.0 Å². The molecule has 1 aliphatic rings. The number of aliphatic imine (C=N–C) groups is 1. The number of nitrogens with one attached hydrogen (secondary N) is 1. The molecule has 0 aliphatic heterocycles. The first-order chi connectivity index (χ1) is 8.52. The van der Waals surface area contributed by atoms with E-state index in [4.69, 9.17) is 0 Å². The summed E-state index contributed by atoms with van der Waals surface area (Å²) in [5, 5.41) is 2.98. The second-order valence-electron chi connectivity index (χ2n) is 5.24. The fourth-order valence-corrected chi connectivity index (χ4v) is 1.97. The molecule has 1 fully saturated rings. The van der Waals surface area contributed by atoms with Crippen LogP contribution in [0.4, 0.5) is 0 Å². The van der Waals surface area contributed by atoms with E-state index in [0.717, 1.165) is 38.3 Å². The molecule has 6 heteroatoms. The normalized spacial score (nSPS) is 13.9. The predicted octanol–water partition coefficient (Wildman–Crippen LogP) is 1.39. The van der Waals surface area contributed by atoms with Crippen LogP contribution in [-0.4, -0.2) is 62.9 Å². The van der Waals surface area contributed by atoms with Crippen molar-refractivity contribution in [1.29, 1.82) is 0 Å². The molecule has 1 amide bonds. The first-order valence-electron chi connectivity index (χ1n) is 6.69. The van der Waals surface area contributed by atoms with E-state index in [1.54, 1.807) is 0 Å². The van der Waals surface area contributed by atoms with Crippen LogP contribution in [0.3, 0.4) is 0 Å². The van der Waals surface area contributed by atoms with Gasteiger partial charge in [-0.15, -0.1) is 24.0 Å². The SMILES string of the molecule is CN(C)C(=NCCCNC(=O)C1CCC1)N(C)C.I. The van der Waals surface area contributed by atoms with E-state index in [1.807, 2.05) is 38.0 Å². The quantitative estimate of drug-likeness (QED) is 0.338. The minimum Gasteiger partial charge on any atom is -0.356 e. The number of halogens is 1. The summed E-state index contributed by atoms with van der Waals surface area (Å²) in [6.07, 6.45) is 4.23. The highest BCUT2D eigenvalue weighted by Gasteiger charge is 2.24. The summed E-state index contributed by atoms with van der Waals surface area (Å²) in [5.41, 5.74) is 0. The van der Waals surface area contributed by atoms with Crippen molar-refractivity contribution in [1.82, 2.24) is 15.1 Å². The zero-order chi connectivity index (χ0) is 13.5. The Morgan fingerprint density at radius 1 is 1.21 bits per heavy atom. The van der Waals surface area contributed by atoms with Gasteiger partial charge in [-0.25, -0.2) is 0 Å². The molecule has 0 aromatic heterocycles. The van der Waals surface area contributed by atoms with Crippen LogP contribution < -0.4 is 5.32 Å². The maximum Gasteiger partial charge on any atom is 0.223 e. The molecule has 0 bridgehead atoms. The second kappa shape index (κ2) is 9.39. The van der Waals surface area contributed by atoms with Gasteiger partial charge in [0, 0.05) is 47.2 Å². The number of amides is 1. The highest BCUT2D eigenvalue weighted by molar-refractivity contribution is 14.0. The van der Waals surface area contributed by atoms with Gasteiger partial charge in [-0.2, -0.15) is 0 Å². The zero-order valence-corrected chi connectivity index (χ0v) is 14.8. The summed E-state index contributed by atoms with van der Waals surface area (Å²) in [6.45, 7) is 1.48. The maximum atomic E-state index is 11.6. The van der Waals surface area contributed by atoms with Gasteiger partial charge in [0.25, 0.3) is 0 Å². The van der Waals surface area contributed by atoms with Crippen LogP contribution in [0.2, 0.25) is 0 Å². The third-order valence-corrected chi connectivity index (χ3v) is 3.16. The zero-order valence-electron chi connectivity index (χ0n) is 12.5. The van der Waals surface area contributed by atoms with Crippen molar-refractivity contribution in [3.63, 3.8) is 0 Å². The topological polar surface area (TPSA) is 47.9 Å². The Morgan fingerprint density at radius 3 is 2.21 bits per heavy atom. The molecule has 0 aromatic carbocycles. The summed E-state index contributed by atoms with van der Waals surface area (Å²) in [7, 11) is 7.93. The fraction of sp³-hybridized carbons (Fsp3) is 0.846. The Balaban J connectivity index is 0.00000324. The van der Waals surface area contributed by atoms with Crippen molar-refractivity contribution in [2.24, 2.45) is 10.9 Å². The van der Waals surface area contributed by atoms with Gasteiger partial charge in [0.05, 0.1) is 0 Å². The number of rotatable bonds is 5. The van der Waals surface area contributed by atoms with Crippen LogP contribution in [-0.2, 0) is 4.79 Å². The summed E-state index contributed by atoms with van der Waals surface area (Å²) < 4.78 is 0. The number of nitrogens with zero attached hydrogens (tertiary/aromatic N) is 3. The van der Waals surface area contributed by atoms with Crippen molar-refractivity contribution in [2.45, 2.75) is 25.7 Å². The molecule has 1 N–H and O–H groups in total. The Bertz CT molecular complexity index is 291. The Hall–Kier alpha value is -0.530. The average Bonchev–Trinajstić information content (AvgIpc) is 2.19. The number of carbonyl (C=O) groups excluding carboxylic acids is 1. The summed E-state index contributed by atoms with van der Waals surface area (Å²) in [5.74, 6) is 1.47. The van der Waals surface area contributed by atoms with E-state index < -0.39 is 0 Å². The first kappa shape index (κ1) is 18.5. The van der Waals surface area contributed by atoms with Crippen LogP contribution in [0.1, 0.15) is 25.7 Å². The first-order valence-corrected chi connectivity index (χ1v) is 6.69. The number of guanidine groups is 1. The summed E-state index contributed by atoms with van der Waals surface area (Å²) in [6, 6.07) is 0. The van der Waals surface area contributed by atoms with Gasteiger partial charge in [-0.1, -0.05) is 6.42 Å². The van der Waals surface area contributed by atoms with Gasteiger partial charge in [-0.3, -0.25) is 9.79 Å². The van der Waals surface area contributed by atoms with E-state index in [-0.39, 0.29) is 35.8 Å². The van der Waals surface area contributed by atoms with Crippen LogP contribution in [0.15, 0.2) is 4.99 Å². The lowest BCUT2D eigenvalue weighted by Crippen LogP contribution is -2.36. The van der Waals surface area contributed by atoms with Gasteiger partial charge in [0.1, 0.15) is 0 Å². The number of carbonyl (C=O) groups is 1. The largest absolute Gasteiger partial charge is 0.356 e. The molecular weight excluding hydrogens is 355 g/mol. The van der Waals surface area contributed by atoms with Crippen LogP contribution in [0.5, 0.6) is 0 Å². The lowest BCUT2D eigenvalue weighted by Gasteiger charge is -2.24. The fourth-order valence-electron chi connectivity index (χ4n) is 1.97. The average molecular weight is 382 g/mol.